The summed E-state index contributed by atoms with van der Waals surface area (Å²) in [7, 11) is 1.60. The Morgan fingerprint density at radius 1 is 1.86 bits per heavy atom. The van der Waals surface area contributed by atoms with E-state index in [1.54, 1.807) is 17.7 Å². The molecule has 38 valence electrons. The van der Waals surface area contributed by atoms with Crippen LogP contribution in [0.25, 0.3) is 0 Å². The summed E-state index contributed by atoms with van der Waals surface area (Å²) in [4.78, 5) is 4.73. The first-order chi connectivity index (χ1) is 3.43. The molecule has 1 rings (SSSR count). The lowest BCUT2D eigenvalue weighted by Crippen LogP contribution is -2.03. The molecular weight excluding hydrogens is 110 g/mol. The molecule has 0 aromatic rings. The third-order valence-electron chi connectivity index (χ3n) is 0.570. The van der Waals surface area contributed by atoms with Crippen molar-refractivity contribution in [3.05, 3.63) is 18.0 Å². The van der Waals surface area contributed by atoms with Crippen LogP contribution < -0.4 is 0 Å². The highest BCUT2D eigenvalue weighted by molar-refractivity contribution is 8.00. The first kappa shape index (κ1) is 5.15. The Hall–Kier alpha value is 0.01000. The molecule has 0 aromatic heterocycles. The van der Waals surface area contributed by atoms with Gasteiger partial charge in [-0.1, -0.05) is 0 Å². The molecule has 1 heterocycles. The van der Waals surface area contributed by atoms with Gasteiger partial charge < -0.3 is 0 Å². The van der Waals surface area contributed by atoms with Crippen molar-refractivity contribution in [2.75, 3.05) is 7.11 Å². The van der Waals surface area contributed by atoms with Gasteiger partial charge in [-0.15, -0.1) is 4.47 Å². The lowest BCUT2D eigenvalue weighted by Gasteiger charge is -2.05. The minimum absolute atomic E-state index is 1.46. The third kappa shape index (κ3) is 1.19. The zero-order chi connectivity index (χ0) is 5.11. The van der Waals surface area contributed by atoms with Crippen molar-refractivity contribution in [1.82, 2.24) is 4.47 Å². The second kappa shape index (κ2) is 2.35. The molecule has 0 bridgehead atoms. The van der Waals surface area contributed by atoms with Crippen LogP contribution in [0.3, 0.4) is 0 Å². The first-order valence-corrected chi connectivity index (χ1v) is 2.69. The summed E-state index contributed by atoms with van der Waals surface area (Å²) in [6, 6.07) is 0. The zero-order valence-electron chi connectivity index (χ0n) is 3.92. The molecule has 2 nitrogen and oxygen atoms in total. The van der Waals surface area contributed by atoms with Crippen molar-refractivity contribution in [2.45, 2.75) is 0 Å². The van der Waals surface area contributed by atoms with Crippen molar-refractivity contribution in [1.29, 1.82) is 0 Å². The molecule has 7 heavy (non-hydrogen) atoms. The number of hydrogen-bond donors (Lipinski definition) is 0. The predicted molar refractivity (Wildman–Crippen MR) is 28.8 cm³/mol. The van der Waals surface area contributed by atoms with Gasteiger partial charge in [-0.25, -0.2) is 0 Å². The van der Waals surface area contributed by atoms with Crippen molar-refractivity contribution < 1.29 is 4.84 Å². The maximum atomic E-state index is 4.73. The maximum Gasteiger partial charge on any atom is 0.132 e. The van der Waals surface area contributed by atoms with Crippen molar-refractivity contribution in [3.63, 3.8) is 0 Å². The Balaban J connectivity index is 2.22. The van der Waals surface area contributed by atoms with Gasteiger partial charge in [0.05, 0.1) is 7.11 Å². The average molecular weight is 115 g/mol. The van der Waals surface area contributed by atoms with Gasteiger partial charge in [0.2, 0.25) is 0 Å². The topological polar surface area (TPSA) is 12.5 Å². The summed E-state index contributed by atoms with van der Waals surface area (Å²) in [6.45, 7) is 2.80. The van der Waals surface area contributed by atoms with Crippen LogP contribution in [0.2, 0.25) is 0 Å². The zero-order valence-corrected chi connectivity index (χ0v) is 4.73. The fourth-order valence-electron chi connectivity index (χ4n) is 0.303. The smallest absolute Gasteiger partial charge is 0.132 e. The van der Waals surface area contributed by atoms with E-state index >= 15 is 0 Å². The fraction of sp³-hybridized carbons (Fsp3) is 0.250. The van der Waals surface area contributed by atoms with Crippen molar-refractivity contribution >= 4 is 11.9 Å². The molecule has 0 amide bonds. The van der Waals surface area contributed by atoms with Gasteiger partial charge in [0, 0.05) is 0 Å². The monoisotopic (exact) mass is 115 g/mol. The minimum Gasteiger partial charge on any atom is -0.290 e. The van der Waals surface area contributed by atoms with E-state index in [9.17, 15) is 0 Å². The molecule has 0 saturated heterocycles. The highest BCUT2D eigenvalue weighted by atomic mass is 32.2. The molecule has 0 fully saturated rings. The molecule has 0 unspecified atom stereocenters. The predicted octanol–water partition coefficient (Wildman–Crippen LogP) is 1.06. The van der Waals surface area contributed by atoms with Crippen LogP contribution in [-0.2, 0) is 4.84 Å². The molecule has 0 N–H and O–H groups in total. The van der Waals surface area contributed by atoms with Gasteiger partial charge in [-0.3, -0.25) is 4.84 Å². The van der Waals surface area contributed by atoms with Gasteiger partial charge in [0.1, 0.15) is 6.54 Å². The van der Waals surface area contributed by atoms with E-state index in [-0.39, 0.29) is 0 Å². The molecule has 1 aliphatic heterocycles. The minimum atomic E-state index is 1.46. The van der Waals surface area contributed by atoms with Crippen molar-refractivity contribution in [2.24, 2.45) is 0 Å². The van der Waals surface area contributed by atoms with E-state index in [2.05, 4.69) is 6.54 Å². The Morgan fingerprint density at radius 2 is 2.71 bits per heavy atom. The molecule has 0 aliphatic carbocycles. The van der Waals surface area contributed by atoms with Crippen LogP contribution >= 0.6 is 11.9 Å². The number of hydroxylamine groups is 1. The Kier molecular flexibility index (Phi) is 1.73. The first-order valence-electron chi connectivity index (χ1n) is 1.85. The molecule has 1 aliphatic rings. The molecule has 0 atom stereocenters. The van der Waals surface area contributed by atoms with E-state index in [1.807, 2.05) is 5.41 Å². The number of nitrogens with zero attached hydrogens (tertiary/aromatic N) is 1. The van der Waals surface area contributed by atoms with Gasteiger partial charge in [0.15, 0.2) is 0 Å². The second-order valence-corrected chi connectivity index (χ2v) is 1.79. The van der Waals surface area contributed by atoms with Gasteiger partial charge in [-0.2, -0.15) is 0 Å². The highest BCUT2D eigenvalue weighted by Gasteiger charge is 2.04. The van der Waals surface area contributed by atoms with E-state index in [0.717, 1.165) is 0 Å². The van der Waals surface area contributed by atoms with Crippen molar-refractivity contribution in [3.8, 4) is 0 Å². The Bertz CT molecular complexity index is 75.8. The Labute approximate surface area is 47.2 Å². The lowest BCUT2D eigenvalue weighted by atomic mass is 10.7. The maximum absolute atomic E-state index is 4.73. The quantitative estimate of drug-likeness (QED) is 0.474. The van der Waals surface area contributed by atoms with Gasteiger partial charge in [-0.05, 0) is 23.4 Å². The SMILES string of the molecule is CON1[C]C=CS1. The molecule has 0 saturated carbocycles. The second-order valence-electron chi connectivity index (χ2n) is 0.977. The van der Waals surface area contributed by atoms with Crippen LogP contribution in [0.15, 0.2) is 11.5 Å². The summed E-state index contributed by atoms with van der Waals surface area (Å²) >= 11 is 1.46. The van der Waals surface area contributed by atoms with Gasteiger partial charge >= 0.3 is 0 Å². The number of hydrogen-bond acceptors (Lipinski definition) is 3. The molecule has 3 heteroatoms. The molecule has 2 radical (unpaired) electrons. The van der Waals surface area contributed by atoms with E-state index in [0.29, 0.717) is 0 Å². The lowest BCUT2D eigenvalue weighted by molar-refractivity contribution is -0.00474. The summed E-state index contributed by atoms with van der Waals surface area (Å²) in [5.74, 6) is 0. The van der Waals surface area contributed by atoms with Crippen LogP contribution in [0, 0.1) is 6.54 Å². The summed E-state index contributed by atoms with van der Waals surface area (Å²) in [5.41, 5.74) is 0. The summed E-state index contributed by atoms with van der Waals surface area (Å²) in [5, 5.41) is 1.89. The van der Waals surface area contributed by atoms with E-state index in [1.165, 1.54) is 11.9 Å². The fourth-order valence-corrected chi connectivity index (χ4v) is 0.743. The molecular formula is C4H5NOS. The standard InChI is InChI=1S/C4H5NOS/c1-6-5-3-2-4-7-5/h2,4H,1H3. The molecule has 0 spiro atoms. The average Bonchev–Trinajstić information content (AvgIpc) is 2.14. The Morgan fingerprint density at radius 3 is 3.00 bits per heavy atom. The normalized spacial score (nSPS) is 21.3. The van der Waals surface area contributed by atoms with Crippen LogP contribution in [-0.4, -0.2) is 11.6 Å². The largest absolute Gasteiger partial charge is 0.290 e. The van der Waals surface area contributed by atoms with E-state index in [4.69, 9.17) is 4.84 Å². The van der Waals surface area contributed by atoms with E-state index < -0.39 is 0 Å². The van der Waals surface area contributed by atoms with Crippen LogP contribution in [0.1, 0.15) is 0 Å². The third-order valence-corrected chi connectivity index (χ3v) is 1.27. The highest BCUT2D eigenvalue weighted by Crippen LogP contribution is 2.19. The van der Waals surface area contributed by atoms with Crippen LogP contribution in [0.5, 0.6) is 0 Å². The summed E-state index contributed by atoms with van der Waals surface area (Å²) in [6.07, 6.45) is 1.80. The summed E-state index contributed by atoms with van der Waals surface area (Å²) < 4.78 is 1.54. The van der Waals surface area contributed by atoms with Crippen LogP contribution in [0.4, 0.5) is 0 Å². The van der Waals surface area contributed by atoms with Gasteiger partial charge in [0.25, 0.3) is 0 Å². The number of rotatable bonds is 1. The molecule has 0 aromatic carbocycles.